The van der Waals surface area contributed by atoms with Gasteiger partial charge in [-0.15, -0.1) is 0 Å². The molecular formula is C12H21N3O3. The van der Waals surface area contributed by atoms with Crippen molar-refractivity contribution in [3.05, 3.63) is 0 Å². The summed E-state index contributed by atoms with van der Waals surface area (Å²) in [5.74, 6) is -0.273. The number of ether oxygens (including phenoxy) is 1. The number of hydrogen-bond donors (Lipinski definition) is 2. The first-order valence-corrected chi connectivity index (χ1v) is 6.57. The molecule has 2 aliphatic rings. The highest BCUT2D eigenvalue weighted by Crippen LogP contribution is 2.20. The number of rotatable bonds is 4. The first-order chi connectivity index (χ1) is 8.63. The average Bonchev–Trinajstić information content (AvgIpc) is 3.20. The van der Waals surface area contributed by atoms with Crippen molar-refractivity contribution >= 4 is 11.8 Å². The Balaban J connectivity index is 1.99. The second-order valence-corrected chi connectivity index (χ2v) is 4.92. The maximum absolute atomic E-state index is 12.1. The van der Waals surface area contributed by atoms with Crippen molar-refractivity contribution < 1.29 is 14.3 Å². The van der Waals surface area contributed by atoms with Crippen LogP contribution in [0.3, 0.4) is 0 Å². The van der Waals surface area contributed by atoms with Crippen molar-refractivity contribution in [1.82, 2.24) is 10.2 Å². The van der Waals surface area contributed by atoms with Gasteiger partial charge in [-0.05, 0) is 19.3 Å². The van der Waals surface area contributed by atoms with Crippen LogP contribution in [0.15, 0.2) is 0 Å². The van der Waals surface area contributed by atoms with Crippen LogP contribution in [0.2, 0.25) is 0 Å². The molecule has 2 fully saturated rings. The van der Waals surface area contributed by atoms with E-state index in [2.05, 4.69) is 5.32 Å². The van der Waals surface area contributed by atoms with E-state index in [0.717, 1.165) is 12.8 Å². The third kappa shape index (κ3) is 3.00. The van der Waals surface area contributed by atoms with Crippen molar-refractivity contribution in [1.29, 1.82) is 0 Å². The molecular weight excluding hydrogens is 234 g/mol. The number of nitrogens with one attached hydrogen (secondary N) is 1. The summed E-state index contributed by atoms with van der Waals surface area (Å²) in [6.45, 7) is 3.04. The van der Waals surface area contributed by atoms with E-state index in [9.17, 15) is 9.59 Å². The molecule has 2 atom stereocenters. The van der Waals surface area contributed by atoms with Crippen LogP contribution in [-0.2, 0) is 14.3 Å². The van der Waals surface area contributed by atoms with Crippen LogP contribution in [0, 0.1) is 0 Å². The Bertz CT molecular complexity index is 331. The van der Waals surface area contributed by atoms with Gasteiger partial charge < -0.3 is 20.7 Å². The SMILES string of the molecule is CC[C@H](N)C(=O)N1CCOCC1C(=O)NC1CC1. The topological polar surface area (TPSA) is 84.7 Å². The molecule has 0 radical (unpaired) electrons. The summed E-state index contributed by atoms with van der Waals surface area (Å²) in [6.07, 6.45) is 2.64. The fourth-order valence-electron chi connectivity index (χ4n) is 2.00. The van der Waals surface area contributed by atoms with Gasteiger partial charge in [-0.2, -0.15) is 0 Å². The minimum absolute atomic E-state index is 0.117. The third-order valence-electron chi connectivity index (χ3n) is 3.39. The Hall–Kier alpha value is -1.14. The number of nitrogens with two attached hydrogens (primary N) is 1. The van der Waals surface area contributed by atoms with E-state index >= 15 is 0 Å². The van der Waals surface area contributed by atoms with Gasteiger partial charge in [0.05, 0.1) is 19.3 Å². The van der Waals surface area contributed by atoms with Gasteiger partial charge in [0.25, 0.3) is 0 Å². The smallest absolute Gasteiger partial charge is 0.245 e. The molecule has 18 heavy (non-hydrogen) atoms. The number of nitrogens with zero attached hydrogens (tertiary/aromatic N) is 1. The first-order valence-electron chi connectivity index (χ1n) is 6.57. The molecule has 6 heteroatoms. The number of carbonyl (C=O) groups is 2. The Morgan fingerprint density at radius 2 is 2.22 bits per heavy atom. The Labute approximate surface area is 107 Å². The molecule has 1 heterocycles. The molecule has 1 saturated carbocycles. The summed E-state index contributed by atoms with van der Waals surface area (Å²) in [6, 6.07) is -0.764. The van der Waals surface area contributed by atoms with E-state index in [1.807, 2.05) is 6.92 Å². The lowest BCUT2D eigenvalue weighted by Gasteiger charge is -2.35. The van der Waals surface area contributed by atoms with Gasteiger partial charge in [0, 0.05) is 12.6 Å². The van der Waals surface area contributed by atoms with Gasteiger partial charge in [-0.1, -0.05) is 6.92 Å². The number of hydrogen-bond acceptors (Lipinski definition) is 4. The van der Waals surface area contributed by atoms with Crippen LogP contribution >= 0.6 is 0 Å². The molecule has 102 valence electrons. The molecule has 1 saturated heterocycles. The van der Waals surface area contributed by atoms with Crippen LogP contribution in [0.4, 0.5) is 0 Å². The number of carbonyl (C=O) groups excluding carboxylic acids is 2. The third-order valence-corrected chi connectivity index (χ3v) is 3.39. The van der Waals surface area contributed by atoms with E-state index in [1.54, 1.807) is 4.90 Å². The van der Waals surface area contributed by atoms with Crippen molar-refractivity contribution in [3.63, 3.8) is 0 Å². The molecule has 1 aliphatic heterocycles. The monoisotopic (exact) mass is 255 g/mol. The lowest BCUT2D eigenvalue weighted by Crippen LogP contribution is -2.59. The summed E-state index contributed by atoms with van der Waals surface area (Å²) >= 11 is 0. The van der Waals surface area contributed by atoms with E-state index in [1.165, 1.54) is 0 Å². The number of morpholine rings is 1. The normalized spacial score (nSPS) is 25.7. The summed E-state index contributed by atoms with van der Waals surface area (Å²) in [7, 11) is 0. The minimum Gasteiger partial charge on any atom is -0.377 e. The zero-order chi connectivity index (χ0) is 13.1. The zero-order valence-electron chi connectivity index (χ0n) is 10.7. The Morgan fingerprint density at radius 3 is 2.83 bits per heavy atom. The lowest BCUT2D eigenvalue weighted by molar-refractivity contribution is -0.149. The largest absolute Gasteiger partial charge is 0.377 e. The molecule has 0 aromatic carbocycles. The summed E-state index contributed by atoms with van der Waals surface area (Å²) in [4.78, 5) is 25.7. The molecule has 0 aromatic rings. The van der Waals surface area contributed by atoms with Gasteiger partial charge in [0.1, 0.15) is 6.04 Å². The fourth-order valence-corrected chi connectivity index (χ4v) is 2.00. The van der Waals surface area contributed by atoms with Crippen LogP contribution in [0.25, 0.3) is 0 Å². The van der Waals surface area contributed by atoms with Crippen LogP contribution in [0.5, 0.6) is 0 Å². The highest BCUT2D eigenvalue weighted by Gasteiger charge is 2.36. The molecule has 0 bridgehead atoms. The molecule has 1 aliphatic carbocycles. The predicted octanol–water partition coefficient (Wildman–Crippen LogP) is -0.770. The van der Waals surface area contributed by atoms with Gasteiger partial charge in [-0.3, -0.25) is 9.59 Å². The molecule has 2 rings (SSSR count). The predicted molar refractivity (Wildman–Crippen MR) is 65.8 cm³/mol. The zero-order valence-corrected chi connectivity index (χ0v) is 10.7. The minimum atomic E-state index is -0.528. The van der Waals surface area contributed by atoms with E-state index < -0.39 is 12.1 Å². The molecule has 2 amide bonds. The molecule has 6 nitrogen and oxygen atoms in total. The molecule has 0 spiro atoms. The van der Waals surface area contributed by atoms with Crippen molar-refractivity contribution in [2.45, 2.75) is 44.3 Å². The summed E-state index contributed by atoms with van der Waals surface area (Å²) in [5, 5.41) is 2.91. The maximum Gasteiger partial charge on any atom is 0.245 e. The van der Waals surface area contributed by atoms with Crippen LogP contribution in [-0.4, -0.2) is 54.6 Å². The summed E-state index contributed by atoms with van der Waals surface area (Å²) in [5.41, 5.74) is 5.76. The van der Waals surface area contributed by atoms with E-state index in [4.69, 9.17) is 10.5 Å². The fraction of sp³-hybridized carbons (Fsp3) is 0.833. The first kappa shape index (κ1) is 13.3. The Kier molecular flexibility index (Phi) is 4.19. The maximum atomic E-state index is 12.1. The highest BCUT2D eigenvalue weighted by molar-refractivity contribution is 5.90. The molecule has 0 aromatic heterocycles. The van der Waals surface area contributed by atoms with E-state index in [0.29, 0.717) is 19.6 Å². The van der Waals surface area contributed by atoms with Gasteiger partial charge >= 0.3 is 0 Å². The average molecular weight is 255 g/mol. The van der Waals surface area contributed by atoms with Crippen molar-refractivity contribution in [3.8, 4) is 0 Å². The lowest BCUT2D eigenvalue weighted by atomic mass is 10.1. The standard InChI is InChI=1S/C12H21N3O3/c1-2-9(13)12(17)15-5-6-18-7-10(15)11(16)14-8-3-4-8/h8-10H,2-7,13H2,1H3,(H,14,16)/t9-,10?/m0/s1. The highest BCUT2D eigenvalue weighted by atomic mass is 16.5. The van der Waals surface area contributed by atoms with Crippen molar-refractivity contribution in [2.24, 2.45) is 5.73 Å². The number of amides is 2. The second-order valence-electron chi connectivity index (χ2n) is 4.92. The van der Waals surface area contributed by atoms with Gasteiger partial charge in [0.15, 0.2) is 0 Å². The van der Waals surface area contributed by atoms with Crippen LogP contribution in [0.1, 0.15) is 26.2 Å². The van der Waals surface area contributed by atoms with Crippen molar-refractivity contribution in [2.75, 3.05) is 19.8 Å². The summed E-state index contributed by atoms with van der Waals surface area (Å²) < 4.78 is 5.30. The molecule has 3 N–H and O–H groups in total. The molecule has 1 unspecified atom stereocenters. The van der Waals surface area contributed by atoms with E-state index in [-0.39, 0.29) is 24.5 Å². The van der Waals surface area contributed by atoms with Crippen LogP contribution < -0.4 is 11.1 Å². The Morgan fingerprint density at radius 1 is 1.50 bits per heavy atom. The quantitative estimate of drug-likeness (QED) is 0.691. The van der Waals surface area contributed by atoms with Gasteiger partial charge in [0.2, 0.25) is 11.8 Å². The van der Waals surface area contributed by atoms with Gasteiger partial charge in [-0.25, -0.2) is 0 Å². The second kappa shape index (κ2) is 5.67.